The number of aryl methyl sites for hydroxylation is 2. The number of ether oxygens (including phenoxy) is 1. The summed E-state index contributed by atoms with van der Waals surface area (Å²) in [5.74, 6) is 0. The minimum atomic E-state index is 0.193. The molecule has 20 heavy (non-hydrogen) atoms. The van der Waals surface area contributed by atoms with Gasteiger partial charge >= 0.3 is 0 Å². The van der Waals surface area contributed by atoms with E-state index in [2.05, 4.69) is 31.2 Å². The number of aromatic nitrogens is 2. The van der Waals surface area contributed by atoms with Crippen LogP contribution in [0.1, 0.15) is 45.0 Å². The number of hydrogen-bond acceptors (Lipinski definition) is 3. The smallest absolute Gasteiger partial charge is 0.0847 e. The zero-order valence-corrected chi connectivity index (χ0v) is 14.1. The maximum atomic E-state index is 6.41. The molecule has 1 rings (SSSR count). The van der Waals surface area contributed by atoms with Crippen molar-refractivity contribution < 1.29 is 4.74 Å². The first kappa shape index (κ1) is 17.5. The Balaban J connectivity index is 2.93. The predicted molar refractivity (Wildman–Crippen MR) is 84.5 cm³/mol. The predicted octanol–water partition coefficient (Wildman–Crippen LogP) is 3.20. The summed E-state index contributed by atoms with van der Waals surface area (Å²) in [4.78, 5) is 0. The van der Waals surface area contributed by atoms with Gasteiger partial charge in [0, 0.05) is 26.1 Å². The number of halogens is 1. The lowest BCUT2D eigenvalue weighted by molar-refractivity contribution is 0.0647. The van der Waals surface area contributed by atoms with Gasteiger partial charge in [-0.05, 0) is 33.2 Å². The second kappa shape index (κ2) is 8.65. The SMILES string of the molecule is CCCNC(Cc1c(Cl)c(C)nn1CC)C(CC)OC. The van der Waals surface area contributed by atoms with E-state index in [0.717, 1.165) is 48.8 Å². The van der Waals surface area contributed by atoms with Crippen LogP contribution in [0.4, 0.5) is 0 Å². The van der Waals surface area contributed by atoms with Crippen LogP contribution in [0.25, 0.3) is 0 Å². The number of methoxy groups -OCH3 is 1. The molecule has 0 aliphatic carbocycles. The van der Waals surface area contributed by atoms with Crippen molar-refractivity contribution in [3.63, 3.8) is 0 Å². The Morgan fingerprint density at radius 1 is 1.35 bits per heavy atom. The van der Waals surface area contributed by atoms with Crippen molar-refractivity contribution >= 4 is 11.6 Å². The summed E-state index contributed by atoms with van der Waals surface area (Å²) >= 11 is 6.41. The Morgan fingerprint density at radius 2 is 2.05 bits per heavy atom. The average Bonchev–Trinajstić information content (AvgIpc) is 2.73. The van der Waals surface area contributed by atoms with Crippen molar-refractivity contribution in [2.45, 2.75) is 65.6 Å². The molecular formula is C15H28ClN3O. The molecule has 0 saturated carbocycles. The summed E-state index contributed by atoms with van der Waals surface area (Å²) in [5, 5.41) is 8.86. The van der Waals surface area contributed by atoms with Crippen LogP contribution in [0.3, 0.4) is 0 Å². The third-order valence-electron chi connectivity index (χ3n) is 3.68. The number of nitrogens with zero attached hydrogens (tertiary/aromatic N) is 2. The van der Waals surface area contributed by atoms with Crippen LogP contribution in [0, 0.1) is 6.92 Å². The molecule has 0 saturated heterocycles. The highest BCUT2D eigenvalue weighted by Crippen LogP contribution is 2.23. The number of nitrogens with one attached hydrogen (secondary N) is 1. The molecule has 1 N–H and O–H groups in total. The van der Waals surface area contributed by atoms with Gasteiger partial charge in [0.2, 0.25) is 0 Å². The number of hydrogen-bond donors (Lipinski definition) is 1. The molecule has 1 aromatic rings. The van der Waals surface area contributed by atoms with E-state index >= 15 is 0 Å². The molecule has 4 nitrogen and oxygen atoms in total. The molecular weight excluding hydrogens is 274 g/mol. The Bertz CT molecular complexity index is 402. The third kappa shape index (κ3) is 4.21. The molecule has 0 fully saturated rings. The average molecular weight is 302 g/mol. The van der Waals surface area contributed by atoms with Crippen LogP contribution in [0.5, 0.6) is 0 Å². The van der Waals surface area contributed by atoms with Crippen molar-refractivity contribution in [1.29, 1.82) is 0 Å². The van der Waals surface area contributed by atoms with Crippen LogP contribution in [-0.4, -0.2) is 35.6 Å². The fourth-order valence-electron chi connectivity index (χ4n) is 2.55. The molecule has 0 radical (unpaired) electrons. The van der Waals surface area contributed by atoms with Gasteiger partial charge in [-0.25, -0.2) is 0 Å². The molecule has 2 atom stereocenters. The molecule has 0 bridgehead atoms. The van der Waals surface area contributed by atoms with Gasteiger partial charge in [0.1, 0.15) is 0 Å². The van der Waals surface area contributed by atoms with Crippen LogP contribution in [0.2, 0.25) is 5.02 Å². The quantitative estimate of drug-likeness (QED) is 0.761. The first-order valence-corrected chi connectivity index (χ1v) is 7.94. The van der Waals surface area contributed by atoms with E-state index in [0.29, 0.717) is 0 Å². The van der Waals surface area contributed by atoms with E-state index < -0.39 is 0 Å². The summed E-state index contributed by atoms with van der Waals surface area (Å²) in [6, 6.07) is 0.267. The summed E-state index contributed by atoms with van der Waals surface area (Å²) in [6.45, 7) is 10.2. The van der Waals surface area contributed by atoms with Crippen LogP contribution >= 0.6 is 11.6 Å². The topological polar surface area (TPSA) is 39.1 Å². The first-order valence-electron chi connectivity index (χ1n) is 7.56. The molecule has 0 aliphatic rings. The zero-order chi connectivity index (χ0) is 15.1. The summed E-state index contributed by atoms with van der Waals surface area (Å²) < 4.78 is 7.62. The van der Waals surface area contributed by atoms with Crippen molar-refractivity contribution in [3.8, 4) is 0 Å². The fraction of sp³-hybridized carbons (Fsp3) is 0.800. The lowest BCUT2D eigenvalue weighted by Gasteiger charge is -2.26. The van der Waals surface area contributed by atoms with Gasteiger partial charge in [-0.1, -0.05) is 25.4 Å². The minimum Gasteiger partial charge on any atom is -0.380 e. The standard InChI is InChI=1S/C15H28ClN3O/c1-6-9-17-12(14(7-2)20-5)10-13-15(16)11(4)18-19(13)8-3/h12,14,17H,6-10H2,1-5H3. The minimum absolute atomic E-state index is 0.193. The maximum absolute atomic E-state index is 6.41. The van der Waals surface area contributed by atoms with E-state index in [1.807, 2.05) is 11.6 Å². The fourth-order valence-corrected chi connectivity index (χ4v) is 2.77. The molecule has 116 valence electrons. The highest BCUT2D eigenvalue weighted by molar-refractivity contribution is 6.31. The van der Waals surface area contributed by atoms with Gasteiger partial charge in [-0.3, -0.25) is 4.68 Å². The van der Waals surface area contributed by atoms with Crippen molar-refractivity contribution in [2.75, 3.05) is 13.7 Å². The monoisotopic (exact) mass is 301 g/mol. The lowest BCUT2D eigenvalue weighted by Crippen LogP contribution is -2.43. The van der Waals surface area contributed by atoms with E-state index in [1.165, 1.54) is 0 Å². The maximum Gasteiger partial charge on any atom is 0.0847 e. The molecule has 0 amide bonds. The third-order valence-corrected chi connectivity index (χ3v) is 4.17. The second-order valence-corrected chi connectivity index (χ2v) is 5.49. The van der Waals surface area contributed by atoms with Gasteiger partial charge in [-0.15, -0.1) is 0 Å². The van der Waals surface area contributed by atoms with Crippen molar-refractivity contribution in [1.82, 2.24) is 15.1 Å². The van der Waals surface area contributed by atoms with Gasteiger partial charge in [0.05, 0.1) is 22.5 Å². The van der Waals surface area contributed by atoms with Crippen molar-refractivity contribution in [3.05, 3.63) is 16.4 Å². The summed E-state index contributed by atoms with van der Waals surface area (Å²) in [6.07, 6.45) is 3.13. The van der Waals surface area contributed by atoms with Crippen LogP contribution in [0.15, 0.2) is 0 Å². The van der Waals surface area contributed by atoms with E-state index in [1.54, 1.807) is 7.11 Å². The Labute approximate surface area is 127 Å². The Kier molecular flexibility index (Phi) is 7.56. The van der Waals surface area contributed by atoms with E-state index in [-0.39, 0.29) is 12.1 Å². The van der Waals surface area contributed by atoms with Gasteiger partial charge in [0.15, 0.2) is 0 Å². The number of rotatable bonds is 9. The van der Waals surface area contributed by atoms with Gasteiger partial charge < -0.3 is 10.1 Å². The molecule has 1 aromatic heterocycles. The molecule has 1 heterocycles. The second-order valence-electron chi connectivity index (χ2n) is 5.11. The largest absolute Gasteiger partial charge is 0.380 e. The lowest BCUT2D eigenvalue weighted by atomic mass is 10.0. The molecule has 0 aromatic carbocycles. The molecule has 5 heteroatoms. The first-order chi connectivity index (χ1) is 9.58. The Morgan fingerprint density at radius 3 is 2.55 bits per heavy atom. The Hall–Kier alpha value is -0.580. The highest BCUT2D eigenvalue weighted by atomic mass is 35.5. The van der Waals surface area contributed by atoms with Crippen LogP contribution < -0.4 is 5.32 Å². The van der Waals surface area contributed by atoms with Crippen LogP contribution in [-0.2, 0) is 17.7 Å². The van der Waals surface area contributed by atoms with Gasteiger partial charge in [0.25, 0.3) is 0 Å². The summed E-state index contributed by atoms with van der Waals surface area (Å²) in [5.41, 5.74) is 2.01. The van der Waals surface area contributed by atoms with Gasteiger partial charge in [-0.2, -0.15) is 5.10 Å². The molecule has 0 aliphatic heterocycles. The van der Waals surface area contributed by atoms with E-state index in [4.69, 9.17) is 16.3 Å². The van der Waals surface area contributed by atoms with E-state index in [9.17, 15) is 0 Å². The summed E-state index contributed by atoms with van der Waals surface area (Å²) in [7, 11) is 1.78. The van der Waals surface area contributed by atoms with Crippen molar-refractivity contribution in [2.24, 2.45) is 0 Å². The zero-order valence-electron chi connectivity index (χ0n) is 13.4. The molecule has 2 unspecified atom stereocenters. The molecule has 0 spiro atoms. The highest BCUT2D eigenvalue weighted by Gasteiger charge is 2.23. The normalized spacial score (nSPS) is 14.5.